The zero-order valence-corrected chi connectivity index (χ0v) is 17.5. The van der Waals surface area contributed by atoms with Gasteiger partial charge >= 0.3 is 5.69 Å². The summed E-state index contributed by atoms with van der Waals surface area (Å²) >= 11 is 1.36. The van der Waals surface area contributed by atoms with Crippen molar-refractivity contribution in [2.24, 2.45) is 0 Å². The first kappa shape index (κ1) is 19.1. The topological polar surface area (TPSA) is 64.1 Å². The zero-order valence-electron chi connectivity index (χ0n) is 16.7. The molecule has 0 aliphatic heterocycles. The highest BCUT2D eigenvalue weighted by molar-refractivity contribution is 7.17. The van der Waals surface area contributed by atoms with Gasteiger partial charge in [0, 0.05) is 17.0 Å². The van der Waals surface area contributed by atoms with Crippen molar-refractivity contribution < 1.29 is 4.74 Å². The van der Waals surface area contributed by atoms with Crippen LogP contribution in [-0.4, -0.2) is 16.7 Å². The largest absolute Gasteiger partial charge is 0.497 e. The number of hydrogen-bond donors (Lipinski definition) is 1. The van der Waals surface area contributed by atoms with Crippen LogP contribution in [0.25, 0.3) is 38.2 Å². The number of hydrogen-bond acceptors (Lipinski definition) is 4. The summed E-state index contributed by atoms with van der Waals surface area (Å²) in [5.74, 6) is 0.575. The molecule has 0 fully saturated rings. The minimum Gasteiger partial charge on any atom is -0.497 e. The molecule has 5 rings (SSSR count). The van der Waals surface area contributed by atoms with Crippen LogP contribution in [-0.2, 0) is 0 Å². The number of aromatic nitrogens is 2. The van der Waals surface area contributed by atoms with Crippen LogP contribution in [0.15, 0.2) is 93.8 Å². The molecule has 2 aromatic heterocycles. The molecule has 0 bridgehead atoms. The third-order valence-electron chi connectivity index (χ3n) is 5.25. The third-order valence-corrected chi connectivity index (χ3v) is 6.14. The van der Waals surface area contributed by atoms with E-state index in [2.05, 4.69) is 17.1 Å². The quantitative estimate of drug-likeness (QED) is 0.436. The Hall–Kier alpha value is -3.90. The maximum atomic E-state index is 13.4. The Morgan fingerprint density at radius 3 is 2.29 bits per heavy atom. The van der Waals surface area contributed by atoms with Gasteiger partial charge in [0.2, 0.25) is 0 Å². The lowest BCUT2D eigenvalue weighted by atomic mass is 10.0. The van der Waals surface area contributed by atoms with Gasteiger partial charge in [-0.2, -0.15) is 0 Å². The van der Waals surface area contributed by atoms with Gasteiger partial charge in [0.1, 0.15) is 10.6 Å². The first-order chi connectivity index (χ1) is 15.2. The van der Waals surface area contributed by atoms with Gasteiger partial charge in [0.15, 0.2) is 0 Å². The molecule has 0 aliphatic carbocycles. The number of rotatable bonds is 4. The Morgan fingerprint density at radius 2 is 1.55 bits per heavy atom. The van der Waals surface area contributed by atoms with E-state index in [-0.39, 0.29) is 5.56 Å². The number of methoxy groups -OCH3 is 1. The fraction of sp³-hybridized carbons (Fsp3) is 0.0400. The summed E-state index contributed by atoms with van der Waals surface area (Å²) in [7, 11) is 1.55. The molecule has 1 N–H and O–H groups in total. The smallest absolute Gasteiger partial charge is 0.334 e. The molecular formula is C25H18N2O3S. The van der Waals surface area contributed by atoms with Crippen molar-refractivity contribution in [3.8, 4) is 33.7 Å². The lowest BCUT2D eigenvalue weighted by molar-refractivity contribution is 0.414. The number of nitrogens with zero attached hydrogens (tertiary/aromatic N) is 1. The fourth-order valence-electron chi connectivity index (χ4n) is 3.69. The first-order valence-electron chi connectivity index (χ1n) is 9.72. The highest BCUT2D eigenvalue weighted by Crippen LogP contribution is 2.32. The number of nitrogens with one attached hydrogen (secondary N) is 1. The Labute approximate surface area is 181 Å². The van der Waals surface area contributed by atoms with Crippen molar-refractivity contribution in [3.05, 3.63) is 105 Å². The number of ether oxygens (including phenoxy) is 1. The molecular weight excluding hydrogens is 408 g/mol. The Bertz CT molecular complexity index is 1500. The number of fused-ring (bicyclic) bond motifs is 1. The van der Waals surface area contributed by atoms with Crippen LogP contribution < -0.4 is 16.0 Å². The van der Waals surface area contributed by atoms with E-state index in [4.69, 9.17) is 4.74 Å². The summed E-state index contributed by atoms with van der Waals surface area (Å²) in [4.78, 5) is 29.5. The number of benzene rings is 3. The highest BCUT2D eigenvalue weighted by Gasteiger charge is 2.16. The molecule has 0 unspecified atom stereocenters. The van der Waals surface area contributed by atoms with Gasteiger partial charge in [-0.15, -0.1) is 11.3 Å². The van der Waals surface area contributed by atoms with Gasteiger partial charge in [-0.25, -0.2) is 9.36 Å². The summed E-state index contributed by atoms with van der Waals surface area (Å²) < 4.78 is 6.40. The molecule has 0 aliphatic rings. The van der Waals surface area contributed by atoms with Crippen LogP contribution in [0.4, 0.5) is 0 Å². The molecule has 5 nitrogen and oxygen atoms in total. The van der Waals surface area contributed by atoms with E-state index in [1.165, 1.54) is 11.3 Å². The molecule has 5 aromatic rings. The lowest BCUT2D eigenvalue weighted by Crippen LogP contribution is -2.33. The number of H-pyrrole nitrogens is 1. The number of thiophene rings is 1. The van der Waals surface area contributed by atoms with Crippen molar-refractivity contribution in [2.45, 2.75) is 0 Å². The van der Waals surface area contributed by atoms with Crippen molar-refractivity contribution in [1.82, 2.24) is 9.55 Å². The van der Waals surface area contributed by atoms with E-state index >= 15 is 0 Å². The van der Waals surface area contributed by atoms with E-state index < -0.39 is 5.69 Å². The molecule has 152 valence electrons. The lowest BCUT2D eigenvalue weighted by Gasteiger charge is -2.08. The summed E-state index contributed by atoms with van der Waals surface area (Å²) in [6, 6.07) is 25.1. The molecule has 31 heavy (non-hydrogen) atoms. The maximum Gasteiger partial charge on any atom is 0.334 e. The van der Waals surface area contributed by atoms with Crippen molar-refractivity contribution in [2.75, 3.05) is 7.11 Å². The van der Waals surface area contributed by atoms with E-state index in [1.807, 2.05) is 47.8 Å². The van der Waals surface area contributed by atoms with Gasteiger partial charge in [-0.05, 0) is 28.8 Å². The zero-order chi connectivity index (χ0) is 21.4. The predicted octanol–water partition coefficient (Wildman–Crippen LogP) is 5.08. The first-order valence-corrected chi connectivity index (χ1v) is 10.6. The van der Waals surface area contributed by atoms with Crippen LogP contribution >= 0.6 is 11.3 Å². The van der Waals surface area contributed by atoms with Gasteiger partial charge in [-0.3, -0.25) is 9.78 Å². The molecule has 0 amide bonds. The number of aromatic amines is 1. The highest BCUT2D eigenvalue weighted by atomic mass is 32.1. The normalized spacial score (nSPS) is 11.0. The average Bonchev–Trinajstić information content (AvgIpc) is 3.24. The van der Waals surface area contributed by atoms with Gasteiger partial charge in [0.05, 0.1) is 18.2 Å². The molecule has 0 spiro atoms. The van der Waals surface area contributed by atoms with Gasteiger partial charge in [-0.1, -0.05) is 60.7 Å². The second kappa shape index (κ2) is 7.74. The predicted molar refractivity (Wildman–Crippen MR) is 125 cm³/mol. The minimum atomic E-state index is -0.474. The van der Waals surface area contributed by atoms with E-state index in [0.29, 0.717) is 21.7 Å². The Morgan fingerprint density at radius 1 is 0.839 bits per heavy atom. The Balaban J connectivity index is 1.66. The average molecular weight is 426 g/mol. The standard InChI is InChI=1S/C25H18N2O3S/c1-30-20-9-5-8-19(14-20)27-24(28)22-21(15-31-23(22)26-25(27)29)18-12-10-17(11-13-18)16-6-3-2-4-7-16/h2-15H,1H3,(H,26,29). The van der Waals surface area contributed by atoms with E-state index in [9.17, 15) is 9.59 Å². The monoisotopic (exact) mass is 426 g/mol. The van der Waals surface area contributed by atoms with Crippen LogP contribution in [0.1, 0.15) is 0 Å². The molecule has 2 heterocycles. The van der Waals surface area contributed by atoms with E-state index in [1.54, 1.807) is 31.4 Å². The second-order valence-electron chi connectivity index (χ2n) is 7.07. The third kappa shape index (κ3) is 3.37. The van der Waals surface area contributed by atoms with Gasteiger partial charge < -0.3 is 4.74 Å². The summed E-state index contributed by atoms with van der Waals surface area (Å²) in [5, 5.41) is 2.41. The summed E-state index contributed by atoms with van der Waals surface area (Å²) in [6.45, 7) is 0. The van der Waals surface area contributed by atoms with Crippen LogP contribution in [0.3, 0.4) is 0 Å². The second-order valence-corrected chi connectivity index (χ2v) is 7.95. The Kier molecular flexibility index (Phi) is 4.76. The van der Waals surface area contributed by atoms with Crippen molar-refractivity contribution in [3.63, 3.8) is 0 Å². The molecule has 3 aromatic carbocycles. The molecule has 0 atom stereocenters. The van der Waals surface area contributed by atoms with Crippen molar-refractivity contribution >= 4 is 21.6 Å². The van der Waals surface area contributed by atoms with Gasteiger partial charge in [0.25, 0.3) is 5.56 Å². The van der Waals surface area contributed by atoms with Crippen LogP contribution in [0.2, 0.25) is 0 Å². The summed E-state index contributed by atoms with van der Waals surface area (Å²) in [5.41, 5.74) is 3.60. The van der Waals surface area contributed by atoms with E-state index in [0.717, 1.165) is 26.8 Å². The van der Waals surface area contributed by atoms with Crippen molar-refractivity contribution in [1.29, 1.82) is 0 Å². The minimum absolute atomic E-state index is 0.351. The van der Waals surface area contributed by atoms with Crippen LogP contribution in [0, 0.1) is 0 Å². The fourth-order valence-corrected chi connectivity index (χ4v) is 4.64. The molecule has 0 radical (unpaired) electrons. The molecule has 0 saturated carbocycles. The van der Waals surface area contributed by atoms with Crippen LogP contribution in [0.5, 0.6) is 5.75 Å². The SMILES string of the molecule is COc1cccc(-n2c(=O)[nH]c3scc(-c4ccc(-c5ccccc5)cc4)c3c2=O)c1. The molecule has 6 heteroatoms. The summed E-state index contributed by atoms with van der Waals surface area (Å²) in [6.07, 6.45) is 0. The molecule has 0 saturated heterocycles. The maximum absolute atomic E-state index is 13.4.